The van der Waals surface area contributed by atoms with E-state index in [1.807, 2.05) is 62.4 Å². The fourth-order valence-corrected chi connectivity index (χ4v) is 4.36. The fraction of sp³-hybridized carbons (Fsp3) is 0.462. The molecule has 2 aromatic rings. The van der Waals surface area contributed by atoms with Gasteiger partial charge in [-0.3, -0.25) is 9.59 Å². The summed E-state index contributed by atoms with van der Waals surface area (Å²) in [6, 6.07) is 15.2. The highest BCUT2D eigenvalue weighted by Gasteiger charge is 2.30. The Bertz CT molecular complexity index is 858. The zero-order valence-corrected chi connectivity index (χ0v) is 19.3. The van der Waals surface area contributed by atoms with Crippen LogP contribution in [0.5, 0.6) is 0 Å². The highest BCUT2D eigenvalue weighted by Crippen LogP contribution is 2.20. The third-order valence-electron chi connectivity index (χ3n) is 6.08. The third kappa shape index (κ3) is 6.83. The maximum absolute atomic E-state index is 13.4. The van der Waals surface area contributed by atoms with E-state index >= 15 is 0 Å². The highest BCUT2D eigenvalue weighted by atomic mass is 35.5. The number of nitrogens with zero attached hydrogens (tertiary/aromatic N) is 1. The summed E-state index contributed by atoms with van der Waals surface area (Å²) in [4.78, 5) is 28.3. The molecule has 166 valence electrons. The van der Waals surface area contributed by atoms with Crippen LogP contribution in [0, 0.1) is 6.92 Å². The smallest absolute Gasteiger partial charge is 0.243 e. The van der Waals surface area contributed by atoms with Crippen LogP contribution < -0.4 is 5.32 Å². The summed E-state index contributed by atoms with van der Waals surface area (Å²) in [5, 5.41) is 3.87. The van der Waals surface area contributed by atoms with E-state index in [9.17, 15) is 9.59 Å². The summed E-state index contributed by atoms with van der Waals surface area (Å²) in [5.41, 5.74) is 3.08. The van der Waals surface area contributed by atoms with E-state index in [2.05, 4.69) is 5.32 Å². The molecule has 0 radical (unpaired) electrons. The minimum Gasteiger partial charge on any atom is -0.352 e. The second kappa shape index (κ2) is 11.3. The number of hydrogen-bond acceptors (Lipinski definition) is 2. The minimum absolute atomic E-state index is 0.0375. The van der Waals surface area contributed by atoms with Gasteiger partial charge in [0.05, 0.1) is 6.42 Å². The maximum atomic E-state index is 13.4. The van der Waals surface area contributed by atoms with E-state index in [1.54, 1.807) is 4.90 Å². The van der Waals surface area contributed by atoms with Crippen molar-refractivity contribution in [1.29, 1.82) is 0 Å². The van der Waals surface area contributed by atoms with Gasteiger partial charge < -0.3 is 10.2 Å². The van der Waals surface area contributed by atoms with Crippen LogP contribution in [0.2, 0.25) is 5.02 Å². The summed E-state index contributed by atoms with van der Waals surface area (Å²) in [6.45, 7) is 4.39. The Kier molecular flexibility index (Phi) is 8.53. The van der Waals surface area contributed by atoms with Gasteiger partial charge in [-0.2, -0.15) is 0 Å². The number of halogens is 1. The molecule has 1 aliphatic rings. The van der Waals surface area contributed by atoms with E-state index in [4.69, 9.17) is 11.6 Å². The van der Waals surface area contributed by atoms with Gasteiger partial charge in [0.15, 0.2) is 0 Å². The molecule has 1 saturated carbocycles. The van der Waals surface area contributed by atoms with Crippen molar-refractivity contribution in [3.05, 3.63) is 70.2 Å². The van der Waals surface area contributed by atoms with Gasteiger partial charge >= 0.3 is 0 Å². The van der Waals surface area contributed by atoms with Crippen molar-refractivity contribution >= 4 is 23.4 Å². The van der Waals surface area contributed by atoms with Gasteiger partial charge in [-0.05, 0) is 49.4 Å². The predicted octanol–water partition coefficient (Wildman–Crippen LogP) is 5.45. The Labute approximate surface area is 191 Å². The molecule has 0 bridgehead atoms. The molecule has 0 unspecified atom stereocenters. The molecule has 31 heavy (non-hydrogen) atoms. The zero-order valence-electron chi connectivity index (χ0n) is 18.6. The first-order valence-electron chi connectivity index (χ1n) is 11.4. The van der Waals surface area contributed by atoms with Crippen LogP contribution in [0.1, 0.15) is 62.1 Å². The second-order valence-electron chi connectivity index (χ2n) is 8.58. The Morgan fingerprint density at radius 3 is 2.23 bits per heavy atom. The molecule has 2 aromatic carbocycles. The number of benzene rings is 2. The van der Waals surface area contributed by atoms with Crippen molar-refractivity contribution in [1.82, 2.24) is 10.2 Å². The maximum Gasteiger partial charge on any atom is 0.243 e. The molecule has 0 saturated heterocycles. The van der Waals surface area contributed by atoms with E-state index < -0.39 is 6.04 Å². The van der Waals surface area contributed by atoms with Crippen molar-refractivity contribution in [2.75, 3.05) is 0 Å². The Morgan fingerprint density at radius 1 is 1.00 bits per heavy atom. The fourth-order valence-electron chi connectivity index (χ4n) is 4.23. The first-order valence-corrected chi connectivity index (χ1v) is 11.7. The van der Waals surface area contributed by atoms with E-state index in [0.29, 0.717) is 18.0 Å². The normalized spacial score (nSPS) is 15.3. The lowest BCUT2D eigenvalue weighted by atomic mass is 9.95. The molecule has 2 amide bonds. The van der Waals surface area contributed by atoms with Crippen molar-refractivity contribution < 1.29 is 9.59 Å². The van der Waals surface area contributed by atoms with Crippen molar-refractivity contribution in [2.24, 2.45) is 0 Å². The number of aryl methyl sites for hydroxylation is 1. The van der Waals surface area contributed by atoms with Crippen LogP contribution in [0.4, 0.5) is 0 Å². The van der Waals surface area contributed by atoms with E-state index in [-0.39, 0.29) is 24.3 Å². The van der Waals surface area contributed by atoms with Gasteiger partial charge in [0, 0.05) is 17.6 Å². The predicted molar refractivity (Wildman–Crippen MR) is 126 cm³/mol. The zero-order chi connectivity index (χ0) is 22.2. The molecule has 0 aliphatic heterocycles. The van der Waals surface area contributed by atoms with Gasteiger partial charge in [-0.1, -0.05) is 79.7 Å². The van der Waals surface area contributed by atoms with E-state index in [1.165, 1.54) is 6.42 Å². The lowest BCUT2D eigenvalue weighted by Crippen LogP contribution is -2.51. The molecule has 0 heterocycles. The van der Waals surface area contributed by atoms with Crippen molar-refractivity contribution in [3.63, 3.8) is 0 Å². The second-order valence-corrected chi connectivity index (χ2v) is 9.01. The molecule has 1 aliphatic carbocycles. The van der Waals surface area contributed by atoms with Crippen molar-refractivity contribution in [3.8, 4) is 0 Å². The van der Waals surface area contributed by atoms with Crippen molar-refractivity contribution in [2.45, 2.75) is 77.4 Å². The standard InChI is InChI=1S/C26H33ClN2O2/c1-3-24(26(31)28-23-7-5-4-6-8-23)29(18-21-13-15-22(27)16-14-21)25(30)17-20-11-9-19(2)10-12-20/h9-16,23-24H,3-8,17-18H2,1-2H3,(H,28,31)/t24-/m0/s1. The number of carbonyl (C=O) groups excluding carboxylic acids is 2. The number of hydrogen-bond donors (Lipinski definition) is 1. The lowest BCUT2D eigenvalue weighted by Gasteiger charge is -2.33. The average molecular weight is 441 g/mol. The summed E-state index contributed by atoms with van der Waals surface area (Å²) >= 11 is 6.03. The van der Waals surface area contributed by atoms with E-state index in [0.717, 1.165) is 42.4 Å². The lowest BCUT2D eigenvalue weighted by molar-refractivity contribution is -0.141. The summed E-state index contributed by atoms with van der Waals surface area (Å²) < 4.78 is 0. The topological polar surface area (TPSA) is 49.4 Å². The molecule has 1 N–H and O–H groups in total. The highest BCUT2D eigenvalue weighted by molar-refractivity contribution is 6.30. The summed E-state index contributed by atoms with van der Waals surface area (Å²) in [7, 11) is 0. The first kappa shape index (κ1) is 23.3. The van der Waals surface area contributed by atoms with Crippen LogP contribution in [-0.2, 0) is 22.6 Å². The average Bonchev–Trinajstić information content (AvgIpc) is 2.77. The Hall–Kier alpha value is -2.33. The number of nitrogens with one attached hydrogen (secondary N) is 1. The Balaban J connectivity index is 1.79. The molecule has 1 fully saturated rings. The SMILES string of the molecule is CC[C@@H](C(=O)NC1CCCCC1)N(Cc1ccc(Cl)cc1)C(=O)Cc1ccc(C)cc1. The Morgan fingerprint density at radius 2 is 1.61 bits per heavy atom. The van der Waals surface area contributed by atoms with Gasteiger partial charge in [0.1, 0.15) is 6.04 Å². The molecule has 0 spiro atoms. The van der Waals surface area contributed by atoms with Crippen LogP contribution in [0.25, 0.3) is 0 Å². The number of carbonyl (C=O) groups is 2. The summed E-state index contributed by atoms with van der Waals surface area (Å²) in [6.07, 6.45) is 6.45. The van der Waals surface area contributed by atoms with Gasteiger partial charge in [0.25, 0.3) is 0 Å². The minimum atomic E-state index is -0.490. The molecule has 4 nitrogen and oxygen atoms in total. The molecular formula is C26H33ClN2O2. The first-order chi connectivity index (χ1) is 15.0. The molecule has 5 heteroatoms. The monoisotopic (exact) mass is 440 g/mol. The van der Waals surface area contributed by atoms with Gasteiger partial charge in [-0.25, -0.2) is 0 Å². The number of rotatable bonds is 8. The van der Waals surface area contributed by atoms with Crippen LogP contribution in [0.3, 0.4) is 0 Å². The number of amides is 2. The van der Waals surface area contributed by atoms with Crippen LogP contribution in [-0.4, -0.2) is 28.8 Å². The molecular weight excluding hydrogens is 408 g/mol. The molecule has 3 rings (SSSR count). The summed E-state index contributed by atoms with van der Waals surface area (Å²) in [5.74, 6) is -0.0786. The van der Waals surface area contributed by atoms with Gasteiger partial charge in [-0.15, -0.1) is 0 Å². The van der Waals surface area contributed by atoms with Crippen LogP contribution >= 0.6 is 11.6 Å². The molecule has 0 aromatic heterocycles. The third-order valence-corrected chi connectivity index (χ3v) is 6.33. The van der Waals surface area contributed by atoms with Gasteiger partial charge in [0.2, 0.25) is 11.8 Å². The largest absolute Gasteiger partial charge is 0.352 e. The molecule has 1 atom stereocenters. The van der Waals surface area contributed by atoms with Crippen LogP contribution in [0.15, 0.2) is 48.5 Å². The quantitative estimate of drug-likeness (QED) is 0.593.